The van der Waals surface area contributed by atoms with Gasteiger partial charge in [0.2, 0.25) is 5.37 Å². The van der Waals surface area contributed by atoms with Crippen molar-refractivity contribution in [2.75, 3.05) is 20.6 Å². The first kappa shape index (κ1) is 26.8. The lowest BCUT2D eigenvalue weighted by molar-refractivity contribution is -0.905. The molecule has 0 amide bonds. The largest absolute Gasteiger partial charge is 0.743 e. The quantitative estimate of drug-likeness (QED) is 0.201. The van der Waals surface area contributed by atoms with Gasteiger partial charge in [-0.2, -0.15) is 0 Å². The summed E-state index contributed by atoms with van der Waals surface area (Å²) in [6.07, 6.45) is 16.7. The lowest BCUT2D eigenvalue weighted by Gasteiger charge is -2.40. The molecule has 0 fully saturated rings. The van der Waals surface area contributed by atoms with Gasteiger partial charge in [0.05, 0.1) is 20.6 Å². The second kappa shape index (κ2) is 14.8. The summed E-state index contributed by atoms with van der Waals surface area (Å²) in [7, 11) is -1.08. The van der Waals surface area contributed by atoms with Crippen LogP contribution in [0, 0.1) is 0 Å². The molecule has 0 aliphatic carbocycles. The highest BCUT2D eigenvalue weighted by molar-refractivity contribution is 7.86. The SMILES string of the molecule is CCCCCCCCCCCCCCCC[N+](C)(C)C(C(C)O)S(=O)(=O)[O-]. The van der Waals surface area contributed by atoms with Crippen molar-refractivity contribution >= 4 is 10.1 Å². The molecule has 0 aromatic heterocycles. The van der Waals surface area contributed by atoms with Gasteiger partial charge in [0, 0.05) is 0 Å². The molecule has 1 N–H and O–H groups in total. The van der Waals surface area contributed by atoms with Crippen molar-refractivity contribution in [3.8, 4) is 0 Å². The summed E-state index contributed by atoms with van der Waals surface area (Å²) >= 11 is 0. The Morgan fingerprint density at radius 3 is 1.41 bits per heavy atom. The van der Waals surface area contributed by atoms with E-state index in [2.05, 4.69) is 6.92 Å². The van der Waals surface area contributed by atoms with Crippen LogP contribution >= 0.6 is 0 Å². The van der Waals surface area contributed by atoms with E-state index in [9.17, 15) is 18.1 Å². The molecule has 5 nitrogen and oxygen atoms in total. The number of rotatable bonds is 18. The molecule has 0 radical (unpaired) electrons. The highest BCUT2D eigenvalue weighted by Crippen LogP contribution is 2.19. The predicted octanol–water partition coefficient (Wildman–Crippen LogP) is 4.80. The molecule has 0 saturated heterocycles. The van der Waals surface area contributed by atoms with Crippen LogP contribution in [-0.4, -0.2) is 54.7 Å². The topological polar surface area (TPSA) is 77.4 Å². The summed E-state index contributed by atoms with van der Waals surface area (Å²) in [5.74, 6) is 0. The van der Waals surface area contributed by atoms with Crippen molar-refractivity contribution in [3.63, 3.8) is 0 Å². The Balaban J connectivity index is 3.68. The minimum Gasteiger partial charge on any atom is -0.743 e. The first-order valence-electron chi connectivity index (χ1n) is 11.1. The van der Waals surface area contributed by atoms with Gasteiger partial charge in [-0.05, 0) is 19.8 Å². The highest BCUT2D eigenvalue weighted by atomic mass is 32.2. The smallest absolute Gasteiger partial charge is 0.204 e. The van der Waals surface area contributed by atoms with Gasteiger partial charge in [-0.15, -0.1) is 0 Å². The fourth-order valence-corrected chi connectivity index (χ4v) is 5.30. The van der Waals surface area contributed by atoms with E-state index in [-0.39, 0.29) is 4.48 Å². The van der Waals surface area contributed by atoms with Gasteiger partial charge in [-0.3, -0.25) is 0 Å². The zero-order valence-electron chi connectivity index (χ0n) is 18.3. The van der Waals surface area contributed by atoms with Crippen LogP contribution in [0.1, 0.15) is 104 Å². The van der Waals surface area contributed by atoms with Crippen LogP contribution in [0.15, 0.2) is 0 Å². The van der Waals surface area contributed by atoms with Gasteiger partial charge in [0.1, 0.15) is 6.10 Å². The van der Waals surface area contributed by atoms with E-state index in [0.717, 1.165) is 19.3 Å². The van der Waals surface area contributed by atoms with Crippen molar-refractivity contribution in [2.45, 2.75) is 115 Å². The van der Waals surface area contributed by atoms with Crippen LogP contribution < -0.4 is 0 Å². The fraction of sp³-hybridized carbons (Fsp3) is 1.00. The monoisotopic (exact) mass is 407 g/mol. The summed E-state index contributed by atoms with van der Waals surface area (Å²) in [5, 5.41) is 8.41. The lowest BCUT2D eigenvalue weighted by Crippen LogP contribution is -2.58. The minimum atomic E-state index is -4.52. The summed E-state index contributed by atoms with van der Waals surface area (Å²) in [6, 6.07) is 0. The van der Waals surface area contributed by atoms with E-state index >= 15 is 0 Å². The van der Waals surface area contributed by atoms with Gasteiger partial charge < -0.3 is 14.1 Å². The molecule has 27 heavy (non-hydrogen) atoms. The molecule has 0 aromatic rings. The van der Waals surface area contributed by atoms with Crippen molar-refractivity contribution in [1.82, 2.24) is 0 Å². The van der Waals surface area contributed by atoms with E-state index in [0.29, 0.717) is 6.54 Å². The Kier molecular flexibility index (Phi) is 14.7. The van der Waals surface area contributed by atoms with Gasteiger partial charge in [0.15, 0.2) is 10.1 Å². The van der Waals surface area contributed by atoms with Gasteiger partial charge >= 0.3 is 0 Å². The molecular weight excluding hydrogens is 362 g/mol. The third kappa shape index (κ3) is 13.6. The summed E-state index contributed by atoms with van der Waals surface area (Å²) in [4.78, 5) is 0. The third-order valence-corrected chi connectivity index (χ3v) is 7.04. The molecule has 164 valence electrons. The van der Waals surface area contributed by atoms with Crippen LogP contribution in [0.5, 0.6) is 0 Å². The number of nitrogens with zero attached hydrogens (tertiary/aromatic N) is 1. The molecule has 0 bridgehead atoms. The second-order valence-electron chi connectivity index (χ2n) is 8.72. The van der Waals surface area contributed by atoms with E-state index in [1.54, 1.807) is 14.1 Å². The van der Waals surface area contributed by atoms with Crippen molar-refractivity contribution in [3.05, 3.63) is 0 Å². The zero-order chi connectivity index (χ0) is 20.8. The molecule has 0 aliphatic rings. The first-order valence-corrected chi connectivity index (χ1v) is 12.6. The first-order chi connectivity index (χ1) is 12.6. The molecule has 0 rings (SSSR count). The Hall–Kier alpha value is -0.170. The zero-order valence-corrected chi connectivity index (χ0v) is 19.1. The maximum absolute atomic E-state index is 11.4. The molecule has 6 heteroatoms. The van der Waals surface area contributed by atoms with Gasteiger partial charge in [-0.25, -0.2) is 8.42 Å². The molecule has 2 unspecified atom stereocenters. The summed E-state index contributed by atoms with van der Waals surface area (Å²) in [5.41, 5.74) is 0. The van der Waals surface area contributed by atoms with Gasteiger partial charge in [0.25, 0.3) is 0 Å². The third-order valence-electron chi connectivity index (χ3n) is 5.49. The number of likely N-dealkylation sites (N-methyl/N-ethyl adjacent to an activating group) is 1. The average molecular weight is 408 g/mol. The molecule has 2 atom stereocenters. The normalized spacial score (nSPS) is 15.0. The van der Waals surface area contributed by atoms with E-state index in [4.69, 9.17) is 0 Å². The fourth-order valence-electron chi connectivity index (χ4n) is 4.02. The molecule has 0 aliphatic heterocycles. The number of hydrogen-bond acceptors (Lipinski definition) is 4. The Morgan fingerprint density at radius 2 is 1.11 bits per heavy atom. The predicted molar refractivity (Wildman–Crippen MR) is 112 cm³/mol. The van der Waals surface area contributed by atoms with Crippen LogP contribution in [0.2, 0.25) is 0 Å². The molecule has 0 aromatic carbocycles. The van der Waals surface area contributed by atoms with Crippen molar-refractivity contribution in [1.29, 1.82) is 0 Å². The summed E-state index contributed by atoms with van der Waals surface area (Å²) in [6.45, 7) is 4.23. The molecular formula is C21H45NO4S. The van der Waals surface area contributed by atoms with Crippen LogP contribution in [0.3, 0.4) is 0 Å². The molecule has 0 spiro atoms. The molecule has 0 saturated carbocycles. The van der Waals surface area contributed by atoms with Crippen molar-refractivity contribution in [2.24, 2.45) is 0 Å². The highest BCUT2D eigenvalue weighted by Gasteiger charge is 2.37. The van der Waals surface area contributed by atoms with E-state index in [1.807, 2.05) is 0 Å². The average Bonchev–Trinajstić information content (AvgIpc) is 2.52. The van der Waals surface area contributed by atoms with E-state index in [1.165, 1.54) is 77.6 Å². The number of unbranched alkanes of at least 4 members (excludes halogenated alkanes) is 13. The Morgan fingerprint density at radius 1 is 0.778 bits per heavy atom. The van der Waals surface area contributed by atoms with Crippen molar-refractivity contribution < 1.29 is 22.6 Å². The van der Waals surface area contributed by atoms with E-state index < -0.39 is 21.6 Å². The number of quaternary nitrogens is 1. The Bertz CT molecular complexity index is 449. The number of aliphatic hydroxyl groups excluding tert-OH is 1. The Labute approximate surface area is 168 Å². The van der Waals surface area contributed by atoms with Gasteiger partial charge in [-0.1, -0.05) is 84.0 Å². The lowest BCUT2D eigenvalue weighted by atomic mass is 10.0. The minimum absolute atomic E-state index is 0.0295. The maximum atomic E-state index is 11.4. The summed E-state index contributed by atoms with van der Waals surface area (Å²) < 4.78 is 34.3. The van der Waals surface area contributed by atoms with Crippen LogP contribution in [-0.2, 0) is 10.1 Å². The second-order valence-corrected chi connectivity index (χ2v) is 10.2. The van der Waals surface area contributed by atoms with Crippen LogP contribution in [0.4, 0.5) is 0 Å². The maximum Gasteiger partial charge on any atom is 0.204 e. The molecule has 0 heterocycles. The number of hydrogen-bond donors (Lipinski definition) is 1. The standard InChI is InChI=1S/C21H45NO4S/c1-5-6-7-8-9-10-11-12-13-14-15-16-17-18-19-22(3,4)21(20(2)23)27(24,25)26/h20-21,23H,5-19H2,1-4H3. The van der Waals surface area contributed by atoms with Crippen LogP contribution in [0.25, 0.3) is 0 Å². The number of aliphatic hydroxyl groups is 1.